The van der Waals surface area contributed by atoms with Gasteiger partial charge < -0.3 is 9.88 Å². The van der Waals surface area contributed by atoms with Crippen molar-refractivity contribution in [2.45, 2.75) is 26.8 Å². The Morgan fingerprint density at radius 1 is 1.13 bits per heavy atom. The Kier molecular flexibility index (Phi) is 5.46. The van der Waals surface area contributed by atoms with Gasteiger partial charge in [-0.25, -0.2) is 9.48 Å². The van der Waals surface area contributed by atoms with Crippen LogP contribution in [0.5, 0.6) is 0 Å². The summed E-state index contributed by atoms with van der Waals surface area (Å²) in [6.07, 6.45) is 2.29. The Balaban J connectivity index is 1.41. The lowest BCUT2D eigenvalue weighted by Gasteiger charge is -2.10. The number of carbonyl (C=O) groups excluding carboxylic acids is 1. The zero-order valence-corrected chi connectivity index (χ0v) is 17.6. The highest BCUT2D eigenvalue weighted by Gasteiger charge is 2.16. The lowest BCUT2D eigenvalue weighted by Crippen LogP contribution is -2.27. The maximum absolute atomic E-state index is 12.7. The number of halogens is 1. The fraction of sp³-hybridized carbons (Fsp3) is 0.227. The highest BCUT2D eigenvalue weighted by molar-refractivity contribution is 6.30. The van der Waals surface area contributed by atoms with E-state index in [2.05, 4.69) is 10.4 Å². The second-order valence-corrected chi connectivity index (χ2v) is 7.58. The van der Waals surface area contributed by atoms with Crippen molar-refractivity contribution in [3.63, 3.8) is 0 Å². The van der Waals surface area contributed by atoms with E-state index in [0.29, 0.717) is 35.7 Å². The van der Waals surface area contributed by atoms with Crippen LogP contribution in [0.4, 0.5) is 0 Å². The van der Waals surface area contributed by atoms with Gasteiger partial charge >= 0.3 is 5.69 Å². The molecular weight excluding hydrogens is 402 g/mol. The summed E-state index contributed by atoms with van der Waals surface area (Å²) >= 11 is 6.12. The van der Waals surface area contributed by atoms with Gasteiger partial charge in [-0.1, -0.05) is 23.7 Å². The SMILES string of the molecule is Cc1cc(C(=O)NCCCn2nc3ccccn3c2=O)c(C)n1-c1cccc(Cl)c1. The molecule has 0 aliphatic carbocycles. The maximum atomic E-state index is 12.7. The Morgan fingerprint density at radius 2 is 1.97 bits per heavy atom. The normalized spacial score (nSPS) is 11.2. The van der Waals surface area contributed by atoms with Gasteiger partial charge in [-0.05, 0) is 56.7 Å². The standard InChI is InChI=1S/C22H22ClN5O2/c1-15-13-19(16(2)28(15)18-8-5-7-17(23)14-18)21(29)24-10-6-12-27-22(30)26-11-4-3-9-20(26)25-27/h3-5,7-9,11,13-14H,6,10,12H2,1-2H3,(H,24,29). The summed E-state index contributed by atoms with van der Waals surface area (Å²) in [7, 11) is 0. The fourth-order valence-electron chi connectivity index (χ4n) is 3.64. The molecular formula is C22H22ClN5O2. The first-order chi connectivity index (χ1) is 14.5. The van der Waals surface area contributed by atoms with Gasteiger partial charge in [0.15, 0.2) is 5.65 Å². The number of rotatable bonds is 6. The van der Waals surface area contributed by atoms with E-state index >= 15 is 0 Å². The third kappa shape index (κ3) is 3.76. The van der Waals surface area contributed by atoms with Crippen LogP contribution in [0.2, 0.25) is 5.02 Å². The number of amides is 1. The topological polar surface area (TPSA) is 73.3 Å². The molecule has 0 spiro atoms. The van der Waals surface area contributed by atoms with Crippen LogP contribution in [-0.2, 0) is 6.54 Å². The van der Waals surface area contributed by atoms with Crippen LogP contribution in [0.25, 0.3) is 11.3 Å². The van der Waals surface area contributed by atoms with E-state index in [1.54, 1.807) is 18.3 Å². The van der Waals surface area contributed by atoms with Crippen molar-refractivity contribution >= 4 is 23.2 Å². The average Bonchev–Trinajstić information content (AvgIpc) is 3.21. The molecule has 0 radical (unpaired) electrons. The Hall–Kier alpha value is -3.32. The molecule has 0 saturated carbocycles. The minimum absolute atomic E-state index is 0.140. The number of nitrogens with zero attached hydrogens (tertiary/aromatic N) is 4. The third-order valence-corrected chi connectivity index (χ3v) is 5.30. The summed E-state index contributed by atoms with van der Waals surface area (Å²) in [4.78, 5) is 25.0. The van der Waals surface area contributed by atoms with E-state index in [4.69, 9.17) is 11.6 Å². The Bertz CT molecular complexity index is 1280. The Labute approximate surface area is 178 Å². The van der Waals surface area contributed by atoms with Crippen molar-refractivity contribution in [3.05, 3.63) is 87.2 Å². The van der Waals surface area contributed by atoms with E-state index in [1.807, 2.05) is 54.8 Å². The molecule has 7 nitrogen and oxygen atoms in total. The summed E-state index contributed by atoms with van der Waals surface area (Å²) in [6.45, 7) is 4.75. The highest BCUT2D eigenvalue weighted by Crippen LogP contribution is 2.23. The van der Waals surface area contributed by atoms with E-state index < -0.39 is 0 Å². The van der Waals surface area contributed by atoms with Crippen LogP contribution in [-0.4, -0.2) is 31.2 Å². The molecule has 1 amide bonds. The molecule has 154 valence electrons. The second kappa shape index (κ2) is 8.20. The number of benzene rings is 1. The molecule has 0 atom stereocenters. The molecule has 3 aromatic heterocycles. The van der Waals surface area contributed by atoms with E-state index in [-0.39, 0.29) is 11.6 Å². The molecule has 0 fully saturated rings. The molecule has 4 aromatic rings. The summed E-state index contributed by atoms with van der Waals surface area (Å²) in [5, 5.41) is 7.88. The van der Waals surface area contributed by atoms with Gasteiger partial charge in [0.2, 0.25) is 0 Å². The fourth-order valence-corrected chi connectivity index (χ4v) is 3.83. The maximum Gasteiger partial charge on any atom is 0.350 e. The van der Waals surface area contributed by atoms with Crippen molar-refractivity contribution in [2.75, 3.05) is 6.54 Å². The van der Waals surface area contributed by atoms with Gasteiger partial charge in [0.05, 0.1) is 5.56 Å². The number of hydrogen-bond donors (Lipinski definition) is 1. The first kappa shape index (κ1) is 20.0. The monoisotopic (exact) mass is 423 g/mol. The van der Waals surface area contributed by atoms with E-state index in [0.717, 1.165) is 17.1 Å². The lowest BCUT2D eigenvalue weighted by atomic mass is 10.2. The van der Waals surface area contributed by atoms with Crippen molar-refractivity contribution < 1.29 is 4.79 Å². The van der Waals surface area contributed by atoms with Crippen LogP contribution in [0.3, 0.4) is 0 Å². The number of aromatic nitrogens is 4. The van der Waals surface area contributed by atoms with Crippen LogP contribution < -0.4 is 11.0 Å². The number of fused-ring (bicyclic) bond motifs is 1. The first-order valence-corrected chi connectivity index (χ1v) is 10.1. The molecule has 1 N–H and O–H groups in total. The molecule has 3 heterocycles. The number of hydrogen-bond acceptors (Lipinski definition) is 3. The molecule has 8 heteroatoms. The van der Waals surface area contributed by atoms with Gasteiger partial charge in [0.1, 0.15) is 0 Å². The molecule has 30 heavy (non-hydrogen) atoms. The molecule has 0 bridgehead atoms. The van der Waals surface area contributed by atoms with Gasteiger partial charge in [0.25, 0.3) is 5.91 Å². The highest BCUT2D eigenvalue weighted by atomic mass is 35.5. The number of aryl methyl sites for hydroxylation is 2. The average molecular weight is 424 g/mol. The zero-order chi connectivity index (χ0) is 21.3. The van der Waals surface area contributed by atoms with Gasteiger partial charge in [-0.3, -0.25) is 9.20 Å². The van der Waals surface area contributed by atoms with Crippen molar-refractivity contribution in [3.8, 4) is 5.69 Å². The molecule has 4 rings (SSSR count). The predicted molar refractivity (Wildman–Crippen MR) is 117 cm³/mol. The van der Waals surface area contributed by atoms with Crippen LogP contribution in [0.15, 0.2) is 59.5 Å². The number of carbonyl (C=O) groups is 1. The second-order valence-electron chi connectivity index (χ2n) is 7.14. The molecule has 0 aliphatic rings. The van der Waals surface area contributed by atoms with Crippen molar-refractivity contribution in [1.82, 2.24) is 24.1 Å². The van der Waals surface area contributed by atoms with Crippen molar-refractivity contribution in [2.24, 2.45) is 0 Å². The van der Waals surface area contributed by atoms with Gasteiger partial charge in [-0.2, -0.15) is 0 Å². The quantitative estimate of drug-likeness (QED) is 0.483. The van der Waals surface area contributed by atoms with Crippen LogP contribution in [0.1, 0.15) is 28.2 Å². The summed E-state index contributed by atoms with van der Waals surface area (Å²) in [5.74, 6) is -0.140. The van der Waals surface area contributed by atoms with Crippen LogP contribution >= 0.6 is 11.6 Å². The van der Waals surface area contributed by atoms with Crippen LogP contribution in [0, 0.1) is 13.8 Å². The molecule has 0 aliphatic heterocycles. The van der Waals surface area contributed by atoms with Crippen molar-refractivity contribution in [1.29, 1.82) is 0 Å². The number of nitrogens with one attached hydrogen (secondary N) is 1. The molecule has 1 aromatic carbocycles. The number of pyridine rings is 1. The van der Waals surface area contributed by atoms with E-state index in [1.165, 1.54) is 9.08 Å². The first-order valence-electron chi connectivity index (χ1n) is 9.73. The summed E-state index contributed by atoms with van der Waals surface area (Å²) in [5.41, 5.74) is 3.78. The lowest BCUT2D eigenvalue weighted by molar-refractivity contribution is 0.0952. The minimum atomic E-state index is -0.179. The minimum Gasteiger partial charge on any atom is -0.352 e. The summed E-state index contributed by atoms with van der Waals surface area (Å²) in [6, 6.07) is 14.8. The molecule has 0 saturated heterocycles. The van der Waals surface area contributed by atoms with E-state index in [9.17, 15) is 9.59 Å². The largest absolute Gasteiger partial charge is 0.352 e. The zero-order valence-electron chi connectivity index (χ0n) is 16.8. The summed E-state index contributed by atoms with van der Waals surface area (Å²) < 4.78 is 4.94. The third-order valence-electron chi connectivity index (χ3n) is 5.06. The smallest absolute Gasteiger partial charge is 0.350 e. The Morgan fingerprint density at radius 3 is 2.73 bits per heavy atom. The predicted octanol–water partition coefficient (Wildman–Crippen LogP) is 3.38. The van der Waals surface area contributed by atoms with Gasteiger partial charge in [-0.15, -0.1) is 5.10 Å². The van der Waals surface area contributed by atoms with Gasteiger partial charge in [0, 0.05) is 41.4 Å². The molecule has 0 unspecified atom stereocenters.